The van der Waals surface area contributed by atoms with Crippen LogP contribution in [-0.2, 0) is 17.3 Å². The molecule has 1 aliphatic carbocycles. The summed E-state index contributed by atoms with van der Waals surface area (Å²) in [5, 5.41) is 0. The minimum Gasteiger partial charge on any atom is -0.403 e. The minimum atomic E-state index is -5.09. The van der Waals surface area contributed by atoms with Crippen LogP contribution in [0.3, 0.4) is 0 Å². The molecule has 37 heavy (non-hydrogen) atoms. The molecule has 10 heteroatoms. The molecule has 0 aromatic heterocycles. The average Bonchev–Trinajstić information content (AvgIpc) is 2.80. The fourth-order valence-corrected chi connectivity index (χ4v) is 4.85. The second-order valence-corrected chi connectivity index (χ2v) is 9.50. The number of unbranched alkanes of at least 4 members (excludes halogenated alkanes) is 2. The summed E-state index contributed by atoms with van der Waals surface area (Å²) < 4.78 is 117. The lowest BCUT2D eigenvalue weighted by molar-refractivity contribution is -0.275. The van der Waals surface area contributed by atoms with Gasteiger partial charge in [0, 0.05) is 0 Å². The predicted octanol–water partition coefficient (Wildman–Crippen LogP) is 9.17. The smallest absolute Gasteiger partial charge is 0.403 e. The molecule has 0 spiro atoms. The van der Waals surface area contributed by atoms with Crippen LogP contribution in [-0.4, -0.2) is 13.0 Å². The Morgan fingerprint density at radius 1 is 0.838 bits per heavy atom. The van der Waals surface area contributed by atoms with Gasteiger partial charge in [0.05, 0.1) is 6.61 Å². The molecule has 3 rings (SSSR count). The number of halogens is 8. The van der Waals surface area contributed by atoms with E-state index in [-0.39, 0.29) is 17.9 Å². The first kappa shape index (κ1) is 29.2. The highest BCUT2D eigenvalue weighted by molar-refractivity contribution is 5.31. The zero-order valence-electron chi connectivity index (χ0n) is 20.5. The van der Waals surface area contributed by atoms with Gasteiger partial charge in [0.2, 0.25) is 0 Å². The third kappa shape index (κ3) is 8.32. The van der Waals surface area contributed by atoms with Crippen molar-refractivity contribution in [2.24, 2.45) is 5.92 Å². The zero-order chi connectivity index (χ0) is 27.2. The van der Waals surface area contributed by atoms with Gasteiger partial charge in [-0.15, -0.1) is 13.2 Å². The molecule has 1 aliphatic rings. The van der Waals surface area contributed by atoms with Gasteiger partial charge in [0.25, 0.3) is 0 Å². The highest BCUT2D eigenvalue weighted by Gasteiger charge is 2.40. The van der Waals surface area contributed by atoms with Crippen LogP contribution in [0.5, 0.6) is 5.75 Å². The molecule has 206 valence electrons. The molecule has 0 N–H and O–H groups in total. The fourth-order valence-electron chi connectivity index (χ4n) is 4.85. The molecule has 2 aromatic carbocycles. The highest BCUT2D eigenvalue weighted by atomic mass is 19.4. The van der Waals surface area contributed by atoms with Crippen molar-refractivity contribution in [1.82, 2.24) is 0 Å². The normalized spacial score (nSPS) is 18.7. The molecular weight excluding hydrogens is 508 g/mol. The summed E-state index contributed by atoms with van der Waals surface area (Å²) in [4.78, 5) is 0. The van der Waals surface area contributed by atoms with Gasteiger partial charge in [-0.2, -0.15) is 8.78 Å². The van der Waals surface area contributed by atoms with Crippen molar-refractivity contribution in [3.8, 4) is 5.75 Å². The van der Waals surface area contributed by atoms with Crippen LogP contribution < -0.4 is 4.74 Å². The van der Waals surface area contributed by atoms with Gasteiger partial charge in [0.15, 0.2) is 11.6 Å². The molecule has 0 bridgehead atoms. The van der Waals surface area contributed by atoms with Crippen LogP contribution >= 0.6 is 0 Å². The van der Waals surface area contributed by atoms with Crippen molar-refractivity contribution in [3.05, 3.63) is 64.5 Å². The van der Waals surface area contributed by atoms with Crippen molar-refractivity contribution in [2.75, 3.05) is 6.61 Å². The largest absolute Gasteiger partial charge is 0.573 e. The molecule has 0 heterocycles. The summed E-state index contributed by atoms with van der Waals surface area (Å²) in [6.07, 6.45) is -1.79. The Morgan fingerprint density at radius 3 is 2.05 bits per heavy atom. The Morgan fingerprint density at radius 2 is 1.49 bits per heavy atom. The van der Waals surface area contributed by atoms with Crippen molar-refractivity contribution >= 4 is 0 Å². The van der Waals surface area contributed by atoms with E-state index in [1.165, 1.54) is 6.42 Å². The van der Waals surface area contributed by atoms with E-state index in [9.17, 15) is 35.1 Å². The summed E-state index contributed by atoms with van der Waals surface area (Å²) in [7, 11) is 0. The van der Waals surface area contributed by atoms with Gasteiger partial charge in [-0.1, -0.05) is 38.7 Å². The molecule has 0 radical (unpaired) electrons. The minimum absolute atomic E-state index is 0.0319. The van der Waals surface area contributed by atoms with E-state index in [2.05, 4.69) is 16.4 Å². The lowest BCUT2D eigenvalue weighted by atomic mass is 9.77. The Kier molecular flexibility index (Phi) is 9.83. The summed E-state index contributed by atoms with van der Waals surface area (Å²) in [6, 6.07) is 4.29. The molecule has 0 atom stereocenters. The first-order valence-corrected chi connectivity index (χ1v) is 12.4. The van der Waals surface area contributed by atoms with E-state index in [0.29, 0.717) is 23.6 Å². The maximum atomic E-state index is 14.7. The first-order valence-electron chi connectivity index (χ1n) is 12.4. The molecule has 0 unspecified atom stereocenters. The molecule has 1 saturated carbocycles. The van der Waals surface area contributed by atoms with E-state index in [1.54, 1.807) is 0 Å². The molecule has 2 aromatic rings. The predicted molar refractivity (Wildman–Crippen MR) is 122 cm³/mol. The van der Waals surface area contributed by atoms with Gasteiger partial charge >= 0.3 is 12.5 Å². The summed E-state index contributed by atoms with van der Waals surface area (Å²) in [5.41, 5.74) is -1.13. The first-order chi connectivity index (χ1) is 17.4. The second-order valence-electron chi connectivity index (χ2n) is 9.50. The van der Waals surface area contributed by atoms with Gasteiger partial charge in [0.1, 0.15) is 17.2 Å². The topological polar surface area (TPSA) is 18.5 Å². The zero-order valence-corrected chi connectivity index (χ0v) is 20.5. The third-order valence-corrected chi connectivity index (χ3v) is 6.79. The van der Waals surface area contributed by atoms with Gasteiger partial charge in [-0.3, -0.25) is 0 Å². The summed E-state index contributed by atoms with van der Waals surface area (Å²) >= 11 is 0. The fraction of sp³-hybridized carbons (Fsp3) is 0.556. The van der Waals surface area contributed by atoms with Crippen molar-refractivity contribution in [2.45, 2.75) is 83.1 Å². The Labute approximate surface area is 211 Å². The highest BCUT2D eigenvalue weighted by Crippen LogP contribution is 2.41. The van der Waals surface area contributed by atoms with Gasteiger partial charge in [-0.25, -0.2) is 13.2 Å². The lowest BCUT2D eigenvalue weighted by Crippen LogP contribution is -2.24. The van der Waals surface area contributed by atoms with Crippen LogP contribution in [0.2, 0.25) is 0 Å². The SMILES string of the molecule is CCCCC[C@H]1CC[C@H](c2cc(F)c(C(F)(F)OCCc3ccc(OC(F)(F)F)c(F)c3)c(F)c2)CC1. The average molecular weight is 539 g/mol. The van der Waals surface area contributed by atoms with Gasteiger partial charge < -0.3 is 9.47 Å². The number of hydrogen-bond donors (Lipinski definition) is 0. The lowest BCUT2D eigenvalue weighted by Gasteiger charge is -2.29. The summed E-state index contributed by atoms with van der Waals surface area (Å²) in [5.74, 6) is -4.76. The number of rotatable bonds is 11. The molecule has 0 saturated heterocycles. The van der Waals surface area contributed by atoms with E-state index in [0.717, 1.165) is 63.1 Å². The molecule has 2 nitrogen and oxygen atoms in total. The van der Waals surface area contributed by atoms with Crippen LogP contribution in [0.4, 0.5) is 35.1 Å². The monoisotopic (exact) mass is 538 g/mol. The Balaban J connectivity index is 1.59. The quantitative estimate of drug-likeness (QED) is 0.210. The van der Waals surface area contributed by atoms with E-state index < -0.39 is 47.8 Å². The number of benzene rings is 2. The molecular formula is C27H30F8O2. The maximum Gasteiger partial charge on any atom is 0.573 e. The molecule has 1 fully saturated rings. The van der Waals surface area contributed by atoms with E-state index >= 15 is 0 Å². The van der Waals surface area contributed by atoms with E-state index in [4.69, 9.17) is 0 Å². The second kappa shape index (κ2) is 12.5. The standard InChI is InChI=1S/C27H30F8O2/c1-2-3-4-5-17-6-9-19(10-7-17)20-15-22(29)25(23(30)16-20)26(31,32)36-13-12-18-8-11-24(21(28)14-18)37-27(33,34)35/h8,11,14-17,19H,2-7,9-10,12-13H2,1H3/t17-,19-. The Bertz CT molecular complexity index is 1010. The Hall–Kier alpha value is -2.36. The molecule has 0 amide bonds. The number of alkyl halides is 5. The van der Waals surface area contributed by atoms with E-state index in [1.807, 2.05) is 0 Å². The van der Waals surface area contributed by atoms with Crippen molar-refractivity contribution in [1.29, 1.82) is 0 Å². The van der Waals surface area contributed by atoms with Crippen LogP contribution in [0.25, 0.3) is 0 Å². The third-order valence-electron chi connectivity index (χ3n) is 6.79. The number of ether oxygens (including phenoxy) is 2. The maximum absolute atomic E-state index is 14.7. The number of hydrogen-bond acceptors (Lipinski definition) is 2. The van der Waals surface area contributed by atoms with Crippen molar-refractivity contribution < 1.29 is 44.6 Å². The molecule has 0 aliphatic heterocycles. The van der Waals surface area contributed by atoms with Crippen molar-refractivity contribution in [3.63, 3.8) is 0 Å². The van der Waals surface area contributed by atoms with Crippen LogP contribution in [0, 0.1) is 23.4 Å². The van der Waals surface area contributed by atoms with Crippen LogP contribution in [0.1, 0.15) is 80.9 Å². The summed E-state index contributed by atoms with van der Waals surface area (Å²) in [6.45, 7) is 1.37. The van der Waals surface area contributed by atoms with Crippen LogP contribution in [0.15, 0.2) is 30.3 Å². The van der Waals surface area contributed by atoms with Gasteiger partial charge in [-0.05, 0) is 79.3 Å².